The fourth-order valence-electron chi connectivity index (χ4n) is 4.41. The molecule has 14 heteroatoms. The normalized spacial score (nSPS) is 12.8. The predicted molar refractivity (Wildman–Crippen MR) is 149 cm³/mol. The summed E-state index contributed by atoms with van der Waals surface area (Å²) in [5, 5.41) is 9.98. The first kappa shape index (κ1) is 32.1. The van der Waals surface area contributed by atoms with Crippen LogP contribution in [0, 0.1) is 0 Å². The van der Waals surface area contributed by atoms with E-state index in [2.05, 4.69) is 20.4 Å². The molecule has 1 unspecified atom stereocenters. The molecule has 0 spiro atoms. The summed E-state index contributed by atoms with van der Waals surface area (Å²) in [5.74, 6) is -1.28. The Morgan fingerprint density at radius 2 is 1.80 bits per heavy atom. The predicted octanol–water partition coefficient (Wildman–Crippen LogP) is 4.20. The second kappa shape index (κ2) is 14.6. The SMILES string of the molecule is CO[C@H](C(=O)Cc1ccn(CCC(F)Cn2cc(C(=O)NCc3cccc(OC(F)(F)F)c3)nn2)c(=O)c1)c1ccccc1. The molecule has 44 heavy (non-hydrogen) atoms. The summed E-state index contributed by atoms with van der Waals surface area (Å²) in [7, 11) is 1.44. The number of aryl methyl sites for hydroxylation is 1. The van der Waals surface area contributed by atoms with Crippen molar-refractivity contribution >= 4 is 11.7 Å². The van der Waals surface area contributed by atoms with Crippen LogP contribution in [0.3, 0.4) is 0 Å². The maximum Gasteiger partial charge on any atom is 0.573 e. The Balaban J connectivity index is 1.25. The van der Waals surface area contributed by atoms with Crippen LogP contribution in [0.2, 0.25) is 0 Å². The van der Waals surface area contributed by atoms with E-state index in [1.807, 2.05) is 6.07 Å². The number of methoxy groups -OCH3 is 1. The van der Waals surface area contributed by atoms with Gasteiger partial charge in [0.05, 0.1) is 12.7 Å². The molecule has 0 saturated carbocycles. The van der Waals surface area contributed by atoms with Crippen molar-refractivity contribution < 1.29 is 36.6 Å². The molecule has 0 bridgehead atoms. The fourth-order valence-corrected chi connectivity index (χ4v) is 4.41. The van der Waals surface area contributed by atoms with Crippen LogP contribution < -0.4 is 15.6 Å². The largest absolute Gasteiger partial charge is 0.573 e. The van der Waals surface area contributed by atoms with Crippen LogP contribution in [0.4, 0.5) is 17.6 Å². The molecular weight excluding hydrogens is 586 g/mol. The summed E-state index contributed by atoms with van der Waals surface area (Å²) < 4.78 is 63.7. The number of ether oxygens (including phenoxy) is 2. The molecule has 0 radical (unpaired) electrons. The topological polar surface area (TPSA) is 117 Å². The minimum atomic E-state index is -4.84. The maximum atomic E-state index is 14.7. The van der Waals surface area contributed by atoms with Crippen molar-refractivity contribution in [2.24, 2.45) is 0 Å². The second-order valence-electron chi connectivity index (χ2n) is 9.83. The number of rotatable bonds is 14. The lowest BCUT2D eigenvalue weighted by molar-refractivity contribution is -0.274. The molecule has 1 N–H and O–H groups in total. The number of ketones is 1. The van der Waals surface area contributed by atoms with Gasteiger partial charge in [-0.1, -0.05) is 47.7 Å². The van der Waals surface area contributed by atoms with Crippen LogP contribution in [-0.4, -0.2) is 50.9 Å². The van der Waals surface area contributed by atoms with E-state index >= 15 is 0 Å². The molecule has 0 aliphatic heterocycles. The highest BCUT2D eigenvalue weighted by molar-refractivity contribution is 5.91. The van der Waals surface area contributed by atoms with E-state index in [0.717, 1.165) is 16.8 Å². The van der Waals surface area contributed by atoms with Crippen LogP contribution in [0.5, 0.6) is 5.75 Å². The third kappa shape index (κ3) is 9.33. The number of carbonyl (C=O) groups is 2. The van der Waals surface area contributed by atoms with Crippen molar-refractivity contribution in [3.05, 3.63) is 112 Å². The monoisotopic (exact) mass is 615 g/mol. The van der Waals surface area contributed by atoms with Crippen LogP contribution in [-0.2, 0) is 35.6 Å². The van der Waals surface area contributed by atoms with E-state index in [1.54, 1.807) is 30.3 Å². The van der Waals surface area contributed by atoms with Crippen LogP contribution in [0.25, 0.3) is 0 Å². The van der Waals surface area contributed by atoms with Gasteiger partial charge in [-0.25, -0.2) is 9.07 Å². The smallest absolute Gasteiger partial charge is 0.406 e. The lowest BCUT2D eigenvalue weighted by Crippen LogP contribution is -2.24. The van der Waals surface area contributed by atoms with Gasteiger partial charge in [-0.05, 0) is 41.3 Å². The van der Waals surface area contributed by atoms with Crippen molar-refractivity contribution in [1.82, 2.24) is 24.9 Å². The number of halogens is 4. The van der Waals surface area contributed by atoms with Crippen LogP contribution in [0.15, 0.2) is 83.9 Å². The standard InChI is InChI=1S/C30H29F4N5O5/c1-43-28(22-7-3-2-4-8-22)26(40)15-20-10-12-38(27(41)16-20)13-11-23(31)18-39-19-25(36-37-39)29(42)35-17-21-6-5-9-24(14-21)44-30(32,33)34/h2-10,12,14,16,19,23,28H,11,13,15,17-18H2,1H3,(H,35,42)/t23?,28-/m0/s1. The second-order valence-corrected chi connectivity index (χ2v) is 9.83. The number of pyridine rings is 1. The molecule has 2 aromatic heterocycles. The molecule has 2 aromatic carbocycles. The van der Waals surface area contributed by atoms with Gasteiger partial charge in [0.15, 0.2) is 11.5 Å². The van der Waals surface area contributed by atoms with Crippen molar-refractivity contribution in [3.8, 4) is 5.75 Å². The van der Waals surface area contributed by atoms with Crippen molar-refractivity contribution in [2.45, 2.75) is 51.1 Å². The van der Waals surface area contributed by atoms with E-state index in [9.17, 15) is 31.9 Å². The van der Waals surface area contributed by atoms with E-state index in [-0.39, 0.29) is 49.5 Å². The van der Waals surface area contributed by atoms with Gasteiger partial charge in [0, 0.05) is 38.9 Å². The van der Waals surface area contributed by atoms with Gasteiger partial charge in [-0.15, -0.1) is 18.3 Å². The number of hydrogen-bond donors (Lipinski definition) is 1. The van der Waals surface area contributed by atoms with Gasteiger partial charge in [0.2, 0.25) is 0 Å². The summed E-state index contributed by atoms with van der Waals surface area (Å²) in [6.07, 6.45) is -4.31. The van der Waals surface area contributed by atoms with E-state index < -0.39 is 30.3 Å². The number of aromatic nitrogens is 4. The van der Waals surface area contributed by atoms with Gasteiger partial charge in [-0.2, -0.15) is 0 Å². The Labute approximate surface area is 249 Å². The average Bonchev–Trinajstić information content (AvgIpc) is 3.44. The highest BCUT2D eigenvalue weighted by atomic mass is 19.4. The minimum Gasteiger partial charge on any atom is -0.406 e. The average molecular weight is 616 g/mol. The van der Waals surface area contributed by atoms with Crippen LogP contribution in [0.1, 0.15) is 39.7 Å². The molecule has 10 nitrogen and oxygen atoms in total. The lowest BCUT2D eigenvalue weighted by atomic mass is 10.0. The molecule has 4 rings (SSSR count). The summed E-state index contributed by atoms with van der Waals surface area (Å²) in [6, 6.07) is 17.1. The van der Waals surface area contributed by atoms with Crippen LogP contribution >= 0.6 is 0 Å². The van der Waals surface area contributed by atoms with Crippen molar-refractivity contribution in [1.29, 1.82) is 0 Å². The lowest BCUT2D eigenvalue weighted by Gasteiger charge is -2.15. The maximum absolute atomic E-state index is 14.7. The number of hydrogen-bond acceptors (Lipinski definition) is 7. The molecule has 0 saturated heterocycles. The number of nitrogens with one attached hydrogen (secondary N) is 1. The van der Waals surface area contributed by atoms with Crippen molar-refractivity contribution in [2.75, 3.05) is 7.11 Å². The molecule has 4 aromatic rings. The highest BCUT2D eigenvalue weighted by Gasteiger charge is 2.31. The summed E-state index contributed by atoms with van der Waals surface area (Å²) in [5.41, 5.74) is 1.10. The number of alkyl halides is 4. The summed E-state index contributed by atoms with van der Waals surface area (Å²) >= 11 is 0. The zero-order chi connectivity index (χ0) is 31.7. The fraction of sp³-hybridized carbons (Fsp3) is 0.300. The minimum absolute atomic E-state index is 0.00368. The zero-order valence-electron chi connectivity index (χ0n) is 23.5. The summed E-state index contributed by atoms with van der Waals surface area (Å²) in [4.78, 5) is 37.8. The third-order valence-electron chi connectivity index (χ3n) is 6.49. The Morgan fingerprint density at radius 1 is 1.02 bits per heavy atom. The van der Waals surface area contributed by atoms with Gasteiger partial charge < -0.3 is 19.4 Å². The number of Topliss-reactive ketones (excluding diaryl/α,β-unsaturated/α-hetero) is 1. The molecule has 2 atom stereocenters. The first-order valence-electron chi connectivity index (χ1n) is 13.5. The Morgan fingerprint density at radius 3 is 2.50 bits per heavy atom. The Bertz CT molecular complexity index is 1620. The van der Waals surface area contributed by atoms with Gasteiger partial charge in [0.25, 0.3) is 11.5 Å². The molecule has 0 fully saturated rings. The molecule has 232 valence electrons. The molecule has 0 aliphatic rings. The number of carbonyl (C=O) groups excluding carboxylic acids is 2. The molecule has 2 heterocycles. The summed E-state index contributed by atoms with van der Waals surface area (Å²) in [6.45, 7) is -0.261. The number of amides is 1. The van der Waals surface area contributed by atoms with Gasteiger partial charge >= 0.3 is 6.36 Å². The van der Waals surface area contributed by atoms with E-state index in [0.29, 0.717) is 16.7 Å². The van der Waals surface area contributed by atoms with Crippen molar-refractivity contribution in [3.63, 3.8) is 0 Å². The number of benzene rings is 2. The highest BCUT2D eigenvalue weighted by Crippen LogP contribution is 2.23. The Kier molecular flexibility index (Phi) is 10.6. The molecule has 0 aliphatic carbocycles. The van der Waals surface area contributed by atoms with Gasteiger partial charge in [0.1, 0.15) is 18.0 Å². The van der Waals surface area contributed by atoms with E-state index in [4.69, 9.17) is 4.74 Å². The zero-order valence-corrected chi connectivity index (χ0v) is 23.5. The first-order chi connectivity index (χ1) is 21.0. The first-order valence-corrected chi connectivity index (χ1v) is 13.5. The van der Waals surface area contributed by atoms with E-state index in [1.165, 1.54) is 42.3 Å². The molecular formula is C30H29F4N5O5. The Hall–Kier alpha value is -4.85. The quantitative estimate of drug-likeness (QED) is 0.212. The molecule has 1 amide bonds. The third-order valence-corrected chi connectivity index (χ3v) is 6.49. The van der Waals surface area contributed by atoms with Gasteiger partial charge in [-0.3, -0.25) is 14.4 Å². The number of nitrogens with zero attached hydrogens (tertiary/aromatic N) is 4.